The van der Waals surface area contributed by atoms with Crippen LogP contribution < -0.4 is 9.64 Å². The normalized spacial score (nSPS) is 21.8. The first-order chi connectivity index (χ1) is 15.5. The topological polar surface area (TPSA) is 70.0 Å². The average molecular weight is 456 g/mol. The van der Waals surface area contributed by atoms with Crippen molar-refractivity contribution in [1.29, 1.82) is 0 Å². The van der Waals surface area contributed by atoms with Crippen molar-refractivity contribution in [2.75, 3.05) is 18.0 Å². The molecule has 1 heterocycles. The van der Waals surface area contributed by atoms with E-state index in [1.807, 2.05) is 18.2 Å². The highest BCUT2D eigenvalue weighted by atomic mass is 35.5. The molecular weight excluding hydrogens is 426 g/mol. The third kappa shape index (κ3) is 4.94. The Morgan fingerprint density at radius 1 is 1.22 bits per heavy atom. The van der Waals surface area contributed by atoms with Gasteiger partial charge in [0, 0.05) is 18.1 Å². The minimum atomic E-state index is -0.953. The van der Waals surface area contributed by atoms with Crippen LogP contribution in [0.15, 0.2) is 49.1 Å². The number of benzene rings is 2. The van der Waals surface area contributed by atoms with Gasteiger partial charge in [0.05, 0.1) is 17.4 Å². The van der Waals surface area contributed by atoms with Crippen LogP contribution in [0.4, 0.5) is 5.69 Å². The van der Waals surface area contributed by atoms with Crippen LogP contribution in [0.25, 0.3) is 0 Å². The fourth-order valence-corrected chi connectivity index (χ4v) is 5.00. The highest BCUT2D eigenvalue weighted by Crippen LogP contribution is 2.40. The summed E-state index contributed by atoms with van der Waals surface area (Å²) >= 11 is 6.23. The first-order valence-electron chi connectivity index (χ1n) is 11.3. The molecule has 0 radical (unpaired) electrons. The highest BCUT2D eigenvalue weighted by molar-refractivity contribution is 6.30. The van der Waals surface area contributed by atoms with E-state index in [1.54, 1.807) is 24.3 Å². The van der Waals surface area contributed by atoms with Crippen molar-refractivity contribution in [2.45, 2.75) is 44.8 Å². The van der Waals surface area contributed by atoms with Crippen LogP contribution >= 0.6 is 11.6 Å². The van der Waals surface area contributed by atoms with Gasteiger partial charge in [-0.1, -0.05) is 23.7 Å². The van der Waals surface area contributed by atoms with Gasteiger partial charge in [0.1, 0.15) is 12.4 Å². The maximum atomic E-state index is 11.7. The lowest BCUT2D eigenvalue weighted by molar-refractivity contribution is 0.0465. The second-order valence-corrected chi connectivity index (χ2v) is 9.26. The Balaban J connectivity index is 1.65. The smallest absolute Gasteiger partial charge is 0.335 e. The average Bonchev–Trinajstić information content (AvgIpc) is 2.79. The molecule has 1 saturated carbocycles. The number of aliphatic hydroxyl groups is 1. The van der Waals surface area contributed by atoms with E-state index in [9.17, 15) is 15.0 Å². The molecule has 170 valence electrons. The van der Waals surface area contributed by atoms with Gasteiger partial charge in [-0.2, -0.15) is 0 Å². The summed E-state index contributed by atoms with van der Waals surface area (Å²) < 4.78 is 6.24. The number of nitrogens with zero attached hydrogens (tertiary/aromatic N) is 1. The number of aromatic carboxylic acids is 1. The number of rotatable bonds is 5. The molecule has 0 saturated heterocycles. The zero-order valence-corrected chi connectivity index (χ0v) is 18.9. The summed E-state index contributed by atoms with van der Waals surface area (Å²) in [5.41, 5.74) is 3.35. The van der Waals surface area contributed by atoms with Crippen LogP contribution in [0.2, 0.25) is 5.02 Å². The number of aryl methyl sites for hydroxylation is 1. The van der Waals surface area contributed by atoms with Gasteiger partial charge in [-0.15, -0.1) is 6.58 Å². The van der Waals surface area contributed by atoms with Gasteiger partial charge in [0.15, 0.2) is 0 Å². The molecule has 2 aromatic rings. The minimum Gasteiger partial charge on any atom is -0.487 e. The molecule has 2 aliphatic rings. The maximum absolute atomic E-state index is 11.7. The van der Waals surface area contributed by atoms with Gasteiger partial charge in [-0.05, 0) is 85.4 Å². The summed E-state index contributed by atoms with van der Waals surface area (Å²) in [6.45, 7) is 5.70. The second-order valence-electron chi connectivity index (χ2n) is 8.82. The van der Waals surface area contributed by atoms with E-state index in [1.165, 1.54) is 5.56 Å². The molecule has 2 aromatic carbocycles. The fraction of sp³-hybridized carbons (Fsp3) is 0.423. The van der Waals surface area contributed by atoms with E-state index in [4.69, 9.17) is 16.3 Å². The molecular formula is C26H30ClNO4. The standard InChI is InChI=1S/C26H30ClNO4/c1-2-24(29)22-10-7-19(22)15-28-12-4-3-5-17-13-21(27)9-6-20(17)16-32-25-11-8-18(26(30)31)14-23(25)28/h2,6,8-9,11,13-14,19,22,24,29H,1,3-5,7,10,12,15-16H2,(H,30,31)/t19?,22?,24-/m0/s1. The largest absolute Gasteiger partial charge is 0.487 e. The fourth-order valence-electron chi connectivity index (χ4n) is 4.80. The number of hydrogen-bond donors (Lipinski definition) is 2. The second kappa shape index (κ2) is 9.97. The molecule has 2 N–H and O–H groups in total. The quantitative estimate of drug-likeness (QED) is 0.596. The number of anilines is 1. The summed E-state index contributed by atoms with van der Waals surface area (Å²) in [6.07, 6.45) is 6.03. The Kier molecular flexibility index (Phi) is 7.07. The third-order valence-electron chi connectivity index (χ3n) is 6.83. The molecule has 5 nitrogen and oxygen atoms in total. The predicted molar refractivity (Wildman–Crippen MR) is 127 cm³/mol. The Morgan fingerprint density at radius 2 is 2.06 bits per heavy atom. The van der Waals surface area contributed by atoms with Crippen LogP contribution in [0, 0.1) is 11.8 Å². The highest BCUT2D eigenvalue weighted by Gasteiger charge is 2.36. The summed E-state index contributed by atoms with van der Waals surface area (Å²) in [5, 5.41) is 20.6. The van der Waals surface area contributed by atoms with Crippen molar-refractivity contribution in [3.8, 4) is 5.75 Å². The number of carboxylic acids is 1. The lowest BCUT2D eigenvalue weighted by Gasteiger charge is -2.42. The molecule has 1 aliphatic heterocycles. The van der Waals surface area contributed by atoms with Crippen molar-refractivity contribution in [1.82, 2.24) is 0 Å². The molecule has 6 heteroatoms. The Bertz CT molecular complexity index is 992. The van der Waals surface area contributed by atoms with E-state index in [-0.39, 0.29) is 11.5 Å². The number of halogens is 1. The van der Waals surface area contributed by atoms with Gasteiger partial charge < -0.3 is 19.8 Å². The number of aliphatic hydroxyl groups excluding tert-OH is 1. The van der Waals surface area contributed by atoms with Gasteiger partial charge in [0.25, 0.3) is 0 Å². The molecule has 0 amide bonds. The minimum absolute atomic E-state index is 0.198. The van der Waals surface area contributed by atoms with Gasteiger partial charge in [-0.3, -0.25) is 0 Å². The van der Waals surface area contributed by atoms with E-state index < -0.39 is 12.1 Å². The van der Waals surface area contributed by atoms with E-state index >= 15 is 0 Å². The van der Waals surface area contributed by atoms with Crippen LogP contribution in [0.3, 0.4) is 0 Å². The zero-order chi connectivity index (χ0) is 22.7. The van der Waals surface area contributed by atoms with Crippen molar-refractivity contribution < 1.29 is 19.7 Å². The van der Waals surface area contributed by atoms with Crippen LogP contribution in [0.1, 0.15) is 47.2 Å². The molecule has 0 spiro atoms. The number of carbonyl (C=O) groups is 1. The molecule has 3 atom stereocenters. The van der Waals surface area contributed by atoms with E-state index in [0.717, 1.165) is 61.5 Å². The van der Waals surface area contributed by atoms with E-state index in [2.05, 4.69) is 11.5 Å². The Hall–Kier alpha value is -2.50. The first kappa shape index (κ1) is 22.7. The van der Waals surface area contributed by atoms with Gasteiger partial charge in [-0.25, -0.2) is 4.79 Å². The van der Waals surface area contributed by atoms with Crippen molar-refractivity contribution in [2.24, 2.45) is 11.8 Å². The van der Waals surface area contributed by atoms with Gasteiger partial charge >= 0.3 is 5.97 Å². The summed E-state index contributed by atoms with van der Waals surface area (Å²) in [5.74, 6) is 0.262. The third-order valence-corrected chi connectivity index (χ3v) is 7.07. The zero-order valence-electron chi connectivity index (χ0n) is 18.2. The molecule has 1 aliphatic carbocycles. The molecule has 0 bridgehead atoms. The van der Waals surface area contributed by atoms with Gasteiger partial charge in [0.2, 0.25) is 0 Å². The molecule has 32 heavy (non-hydrogen) atoms. The Morgan fingerprint density at radius 3 is 2.78 bits per heavy atom. The first-order valence-corrected chi connectivity index (χ1v) is 11.7. The van der Waals surface area contributed by atoms with Crippen LogP contribution in [0.5, 0.6) is 5.75 Å². The number of carboxylic acid groups (broad SMARTS) is 1. The molecule has 2 unspecified atom stereocenters. The van der Waals surface area contributed by atoms with Crippen molar-refractivity contribution >= 4 is 23.3 Å². The predicted octanol–water partition coefficient (Wildman–Crippen LogP) is 5.33. The monoisotopic (exact) mass is 455 g/mol. The number of hydrogen-bond acceptors (Lipinski definition) is 4. The van der Waals surface area contributed by atoms with E-state index in [0.29, 0.717) is 18.3 Å². The molecule has 1 fully saturated rings. The lowest BCUT2D eigenvalue weighted by Crippen LogP contribution is -2.43. The van der Waals surface area contributed by atoms with Crippen molar-refractivity contribution in [3.63, 3.8) is 0 Å². The number of fused-ring (bicyclic) bond motifs is 2. The molecule has 4 rings (SSSR count). The summed E-state index contributed by atoms with van der Waals surface area (Å²) in [7, 11) is 0. The summed E-state index contributed by atoms with van der Waals surface area (Å²) in [6, 6.07) is 11.0. The van der Waals surface area contributed by atoms with Crippen molar-refractivity contribution in [3.05, 3.63) is 70.8 Å². The summed E-state index contributed by atoms with van der Waals surface area (Å²) in [4.78, 5) is 13.9. The SMILES string of the molecule is C=C[C@H](O)C1CCC1CN1CCCCc2cc(Cl)ccc2COc2ccc(C(=O)O)cc21. The lowest BCUT2D eigenvalue weighted by atomic mass is 9.70. The maximum Gasteiger partial charge on any atom is 0.335 e. The Labute approximate surface area is 194 Å². The van der Waals surface area contributed by atoms with Crippen LogP contribution in [-0.4, -0.2) is 35.4 Å². The molecule has 0 aromatic heterocycles. The van der Waals surface area contributed by atoms with Crippen LogP contribution in [-0.2, 0) is 13.0 Å². The number of ether oxygens (including phenoxy) is 1.